The first kappa shape index (κ1) is 21.3. The number of carbonyl (C=O) groups excluding carboxylic acids is 2. The molecule has 2 heterocycles. The number of hydrogen-bond acceptors (Lipinski definition) is 6. The lowest BCUT2D eigenvalue weighted by molar-refractivity contribution is -0.385. The molecule has 158 valence electrons. The predicted octanol–water partition coefficient (Wildman–Crippen LogP) is 3.50. The van der Waals surface area contributed by atoms with Gasteiger partial charge in [-0.05, 0) is 36.7 Å². The predicted molar refractivity (Wildman–Crippen MR) is 104 cm³/mol. The molecule has 0 N–H and O–H groups in total. The smallest absolute Gasteiger partial charge is 0.410 e. The number of nitrogens with zero attached hydrogens (tertiary/aromatic N) is 3. The van der Waals surface area contributed by atoms with Crippen LogP contribution in [0.4, 0.5) is 14.9 Å². The molecule has 9 nitrogen and oxygen atoms in total. The van der Waals surface area contributed by atoms with E-state index in [0.717, 1.165) is 11.0 Å². The van der Waals surface area contributed by atoms with Crippen molar-refractivity contribution in [2.45, 2.75) is 45.1 Å². The number of hydrogen-bond donors (Lipinski definition) is 0. The molecule has 0 saturated carbocycles. The first-order valence-electron chi connectivity index (χ1n) is 9.03. The second-order valence-electron chi connectivity index (χ2n) is 7.88. The lowest BCUT2D eigenvalue weighted by Gasteiger charge is -2.44. The molecule has 1 aromatic rings. The summed E-state index contributed by atoms with van der Waals surface area (Å²) in [6, 6.07) is 1.78. The molecule has 11 heteroatoms. The number of amides is 2. The fourth-order valence-corrected chi connectivity index (χ4v) is 3.80. The number of rotatable bonds is 1. The van der Waals surface area contributed by atoms with Crippen molar-refractivity contribution in [1.82, 2.24) is 9.80 Å². The van der Waals surface area contributed by atoms with E-state index in [-0.39, 0.29) is 41.2 Å². The van der Waals surface area contributed by atoms with Gasteiger partial charge in [0.25, 0.3) is 11.6 Å². The van der Waals surface area contributed by atoms with E-state index < -0.39 is 34.9 Å². The van der Waals surface area contributed by atoms with Crippen molar-refractivity contribution in [3.8, 4) is 5.75 Å². The molecular formula is C18H21BrFN3O6. The monoisotopic (exact) mass is 473 g/mol. The quantitative estimate of drug-likeness (QED) is 0.351. The van der Waals surface area contributed by atoms with Gasteiger partial charge in [-0.15, -0.1) is 0 Å². The highest BCUT2D eigenvalue weighted by Crippen LogP contribution is 2.36. The van der Waals surface area contributed by atoms with Gasteiger partial charge < -0.3 is 19.3 Å². The lowest BCUT2D eigenvalue weighted by atomic mass is 10.0. The minimum absolute atomic E-state index is 0.0817. The third-order valence-corrected chi connectivity index (χ3v) is 5.20. The SMILES string of the molecule is CC(C)(C)OC(=O)N1CC2CCOc3cc(Br)c([N+](=O)[O-])cc3C(=O)N2[C@H](F)C1. The van der Waals surface area contributed by atoms with E-state index in [2.05, 4.69) is 15.9 Å². The van der Waals surface area contributed by atoms with E-state index in [1.807, 2.05) is 0 Å². The summed E-state index contributed by atoms with van der Waals surface area (Å²) in [6.45, 7) is 5.03. The summed E-state index contributed by atoms with van der Waals surface area (Å²) >= 11 is 3.09. The van der Waals surface area contributed by atoms with E-state index in [0.29, 0.717) is 6.42 Å². The first-order valence-corrected chi connectivity index (χ1v) is 9.82. The fourth-order valence-electron chi connectivity index (χ4n) is 3.33. The van der Waals surface area contributed by atoms with Crippen LogP contribution in [0.25, 0.3) is 0 Å². The van der Waals surface area contributed by atoms with Crippen molar-refractivity contribution in [3.05, 3.63) is 32.3 Å². The molecule has 0 aliphatic carbocycles. The Bertz CT molecular complexity index is 859. The number of piperazine rings is 1. The number of alkyl halides is 1. The summed E-state index contributed by atoms with van der Waals surface area (Å²) in [6.07, 6.45) is -2.14. The van der Waals surface area contributed by atoms with Crippen molar-refractivity contribution in [2.75, 3.05) is 19.7 Å². The summed E-state index contributed by atoms with van der Waals surface area (Å²) in [5.41, 5.74) is -1.14. The number of nitro benzene ring substituents is 1. The molecule has 0 spiro atoms. The zero-order valence-corrected chi connectivity index (χ0v) is 17.8. The molecule has 3 rings (SSSR count). The van der Waals surface area contributed by atoms with Crippen LogP contribution in [0, 0.1) is 10.1 Å². The van der Waals surface area contributed by atoms with Crippen LogP contribution in [0.1, 0.15) is 37.6 Å². The summed E-state index contributed by atoms with van der Waals surface area (Å²) in [7, 11) is 0. The highest BCUT2D eigenvalue weighted by Gasteiger charge is 2.42. The number of halogens is 2. The number of carbonyl (C=O) groups is 2. The Kier molecular flexibility index (Phi) is 5.70. The minimum atomic E-state index is -1.78. The third kappa shape index (κ3) is 4.44. The average Bonchev–Trinajstić information content (AvgIpc) is 2.58. The molecule has 1 unspecified atom stereocenters. The van der Waals surface area contributed by atoms with Gasteiger partial charge in [-0.1, -0.05) is 0 Å². The molecule has 0 radical (unpaired) electrons. The molecule has 0 aromatic heterocycles. The normalized spacial score (nSPS) is 22.0. The molecule has 1 aromatic carbocycles. The molecule has 1 fully saturated rings. The molecule has 29 heavy (non-hydrogen) atoms. The largest absolute Gasteiger partial charge is 0.493 e. The Morgan fingerprint density at radius 1 is 1.38 bits per heavy atom. The van der Waals surface area contributed by atoms with Crippen LogP contribution in [0.5, 0.6) is 5.75 Å². The molecule has 2 aliphatic heterocycles. The van der Waals surface area contributed by atoms with Crippen LogP contribution in [0.3, 0.4) is 0 Å². The summed E-state index contributed by atoms with van der Waals surface area (Å²) in [5, 5.41) is 11.2. The number of nitro groups is 1. The van der Waals surface area contributed by atoms with Gasteiger partial charge in [0.2, 0.25) is 0 Å². The number of benzene rings is 1. The Balaban J connectivity index is 1.90. The second kappa shape index (κ2) is 7.77. The summed E-state index contributed by atoms with van der Waals surface area (Å²) in [4.78, 5) is 38.3. The van der Waals surface area contributed by atoms with Gasteiger partial charge in [0.15, 0.2) is 6.30 Å². The van der Waals surface area contributed by atoms with E-state index in [4.69, 9.17) is 9.47 Å². The zero-order chi connectivity index (χ0) is 21.5. The molecular weight excluding hydrogens is 453 g/mol. The standard InChI is InChI=1S/C18H21BrFN3O6/c1-18(2,3)29-17(25)21-8-10-4-5-28-14-7-12(19)13(23(26)27)6-11(14)16(24)22(10)15(20)9-21/h6-7,10,15H,4-5,8-9H2,1-3H3/t10?,15-/m0/s1. The highest BCUT2D eigenvalue weighted by molar-refractivity contribution is 9.10. The van der Waals surface area contributed by atoms with Gasteiger partial charge in [-0.25, -0.2) is 9.18 Å². The van der Waals surface area contributed by atoms with E-state index in [9.17, 15) is 19.7 Å². The Labute approximate surface area is 175 Å². The van der Waals surface area contributed by atoms with Crippen LogP contribution >= 0.6 is 15.9 Å². The van der Waals surface area contributed by atoms with E-state index in [1.165, 1.54) is 11.0 Å². The Morgan fingerprint density at radius 3 is 2.69 bits per heavy atom. The maximum atomic E-state index is 15.0. The Morgan fingerprint density at radius 2 is 2.07 bits per heavy atom. The van der Waals surface area contributed by atoms with Gasteiger partial charge in [0.1, 0.15) is 11.4 Å². The van der Waals surface area contributed by atoms with Crippen molar-refractivity contribution in [2.24, 2.45) is 0 Å². The highest BCUT2D eigenvalue weighted by atomic mass is 79.9. The summed E-state index contributed by atoms with van der Waals surface area (Å²) in [5.74, 6) is -0.565. The van der Waals surface area contributed by atoms with Gasteiger partial charge in [-0.2, -0.15) is 0 Å². The fraction of sp³-hybridized carbons (Fsp3) is 0.556. The molecule has 2 atom stereocenters. The topological polar surface area (TPSA) is 102 Å². The average molecular weight is 474 g/mol. The molecule has 1 saturated heterocycles. The van der Waals surface area contributed by atoms with Crippen LogP contribution in [0.15, 0.2) is 16.6 Å². The van der Waals surface area contributed by atoms with Crippen molar-refractivity contribution < 1.29 is 28.4 Å². The van der Waals surface area contributed by atoms with Gasteiger partial charge in [0.05, 0.1) is 34.2 Å². The molecule has 2 amide bonds. The van der Waals surface area contributed by atoms with Crippen LogP contribution in [0.2, 0.25) is 0 Å². The van der Waals surface area contributed by atoms with Crippen LogP contribution < -0.4 is 4.74 Å². The maximum absolute atomic E-state index is 15.0. The molecule has 0 bridgehead atoms. The minimum Gasteiger partial charge on any atom is -0.493 e. The van der Waals surface area contributed by atoms with Gasteiger partial charge in [-0.3, -0.25) is 14.9 Å². The first-order chi connectivity index (χ1) is 13.5. The van der Waals surface area contributed by atoms with Crippen molar-refractivity contribution >= 4 is 33.6 Å². The molecule has 2 aliphatic rings. The second-order valence-corrected chi connectivity index (χ2v) is 8.73. The van der Waals surface area contributed by atoms with Crippen molar-refractivity contribution in [3.63, 3.8) is 0 Å². The van der Waals surface area contributed by atoms with Crippen LogP contribution in [-0.4, -0.2) is 64.4 Å². The maximum Gasteiger partial charge on any atom is 0.410 e. The van der Waals surface area contributed by atoms with Crippen LogP contribution in [-0.2, 0) is 4.74 Å². The van der Waals surface area contributed by atoms with E-state index in [1.54, 1.807) is 20.8 Å². The van der Waals surface area contributed by atoms with Crippen molar-refractivity contribution in [1.29, 1.82) is 0 Å². The number of fused-ring (bicyclic) bond motifs is 2. The third-order valence-electron chi connectivity index (χ3n) is 4.57. The zero-order valence-electron chi connectivity index (χ0n) is 16.2. The van der Waals surface area contributed by atoms with Gasteiger partial charge in [0, 0.05) is 25.1 Å². The Hall–Kier alpha value is -2.43. The van der Waals surface area contributed by atoms with E-state index >= 15 is 4.39 Å². The lowest BCUT2D eigenvalue weighted by Crippen LogP contribution is -2.61. The summed E-state index contributed by atoms with van der Waals surface area (Å²) < 4.78 is 26.1. The van der Waals surface area contributed by atoms with Gasteiger partial charge >= 0.3 is 6.09 Å². The number of ether oxygens (including phenoxy) is 2.